The van der Waals surface area contributed by atoms with Crippen molar-refractivity contribution in [1.82, 2.24) is 0 Å². The number of likely N-dealkylation sites (N-methyl/N-ethyl adjacent to an activating group) is 1. The van der Waals surface area contributed by atoms with Gasteiger partial charge in [0, 0.05) is 43.4 Å². The summed E-state index contributed by atoms with van der Waals surface area (Å²) in [4.78, 5) is 22.5. The van der Waals surface area contributed by atoms with Gasteiger partial charge in [-0.15, -0.1) is 0 Å². The van der Waals surface area contributed by atoms with Gasteiger partial charge in [-0.25, -0.2) is 4.57 Å². The highest BCUT2D eigenvalue weighted by molar-refractivity contribution is 7.47. The van der Waals surface area contributed by atoms with Gasteiger partial charge < -0.3 is 19.2 Å². The van der Waals surface area contributed by atoms with Gasteiger partial charge >= 0.3 is 13.8 Å². The number of quaternary nitrogens is 1. The smallest absolute Gasteiger partial charge is 0.463 e. The number of hydrogen-bond donors (Lipinski definition) is 2. The fourth-order valence-electron chi connectivity index (χ4n) is 1.27. The molecule has 0 saturated heterocycles. The number of ether oxygens (including phenoxy) is 1. The molecule has 0 fully saturated rings. The van der Waals surface area contributed by atoms with Gasteiger partial charge in [-0.3, -0.25) is 13.8 Å². The highest BCUT2D eigenvalue weighted by Crippen LogP contribution is 2.43. The molecule has 0 aliphatic carbocycles. The van der Waals surface area contributed by atoms with E-state index in [-0.39, 0.29) is 13.2 Å². The number of nitrogens with zero attached hydrogens (tertiary/aromatic N) is 1. The summed E-state index contributed by atoms with van der Waals surface area (Å²) in [6, 6.07) is 0. The van der Waals surface area contributed by atoms with Crippen LogP contribution in [0, 0.1) is 0 Å². The zero-order chi connectivity index (χ0) is 47.6. The molecular formula is C22H47NO7P+. The van der Waals surface area contributed by atoms with E-state index in [4.69, 9.17) is 41.5 Å². The third-order valence-electron chi connectivity index (χ3n) is 2.64. The SMILES string of the molecule is [2H]C([2H])([2H])C([2H])([2H])C([2H])([2H])C([2H])([2H])C([2H])([2H])C([2H])([2H])C([2H])([2H])C([2H])([2H])C([2H])([2H])C([2H])([2H])C([2H])([2H])C([2H])([2H])C([2H])([2H])C(=O)OC[C@@H](O)COP(=O)(O)OCC[N+](C)(C)C. The molecule has 8 nitrogen and oxygen atoms in total. The van der Waals surface area contributed by atoms with Crippen molar-refractivity contribution >= 4 is 13.8 Å². The first kappa shape index (κ1) is 8.31. The zero-order valence-electron chi connectivity index (χ0n) is 44.2. The third kappa shape index (κ3) is 22.5. The summed E-state index contributed by atoms with van der Waals surface area (Å²) in [6.07, 6.45) is -60.2. The molecule has 0 amide bonds. The van der Waals surface area contributed by atoms with E-state index in [0.717, 1.165) is 0 Å². The van der Waals surface area contributed by atoms with Crippen LogP contribution in [-0.4, -0.2) is 74.1 Å². The average molecular weight is 496 g/mol. The number of aliphatic hydroxyl groups excluding tert-OH is 1. The maximum atomic E-state index is 12.7. The van der Waals surface area contributed by atoms with E-state index >= 15 is 0 Å². The molecule has 2 N–H and O–H groups in total. The minimum Gasteiger partial charge on any atom is -0.463 e. The minimum atomic E-state index is -5.07. The van der Waals surface area contributed by atoms with E-state index in [9.17, 15) is 19.4 Å². The molecule has 1 unspecified atom stereocenters. The third-order valence-corrected chi connectivity index (χ3v) is 3.63. The molecule has 0 spiro atoms. The molecule has 0 aromatic heterocycles. The van der Waals surface area contributed by atoms with Crippen molar-refractivity contribution in [3.05, 3.63) is 0 Å². The summed E-state index contributed by atoms with van der Waals surface area (Å²) in [5.74, 6) is -2.44. The van der Waals surface area contributed by atoms with Crippen LogP contribution in [0.1, 0.15) is 120 Å². The van der Waals surface area contributed by atoms with Gasteiger partial charge in [0.2, 0.25) is 0 Å². The molecule has 0 aliphatic heterocycles. The van der Waals surface area contributed by atoms with Crippen molar-refractivity contribution in [2.45, 2.75) is 89.4 Å². The van der Waals surface area contributed by atoms with Gasteiger partial charge in [0.1, 0.15) is 25.9 Å². The van der Waals surface area contributed by atoms with Gasteiger partial charge in [0.25, 0.3) is 0 Å². The molecule has 0 aromatic carbocycles. The molecule has 0 aliphatic rings. The van der Waals surface area contributed by atoms with E-state index in [0.29, 0.717) is 4.48 Å². The van der Waals surface area contributed by atoms with E-state index in [2.05, 4.69) is 9.26 Å². The van der Waals surface area contributed by atoms with Crippen LogP contribution >= 0.6 is 7.82 Å². The van der Waals surface area contributed by atoms with Crippen molar-refractivity contribution in [2.75, 3.05) is 47.5 Å². The Kier molecular flexibility index (Phi) is 4.82. The van der Waals surface area contributed by atoms with E-state index in [1.54, 1.807) is 21.1 Å². The van der Waals surface area contributed by atoms with Crippen molar-refractivity contribution in [3.8, 4) is 0 Å². The number of hydrogen-bond acceptors (Lipinski definition) is 6. The normalized spacial score (nSPS) is 33.8. The summed E-state index contributed by atoms with van der Waals surface area (Å²) >= 11 is 0. The van der Waals surface area contributed by atoms with Crippen LogP contribution in [0.25, 0.3) is 0 Å². The number of aliphatic hydroxyl groups is 1. The summed E-state index contributed by atoms with van der Waals surface area (Å²) in [6.45, 7) is -6.69. The molecule has 0 radical (unpaired) electrons. The Morgan fingerprint density at radius 3 is 2.06 bits per heavy atom. The summed E-state index contributed by atoms with van der Waals surface area (Å²) in [5, 5.41) is 10.0. The summed E-state index contributed by atoms with van der Waals surface area (Å²) < 4.78 is 242. The second kappa shape index (κ2) is 18.0. The first-order valence-corrected chi connectivity index (χ1v) is 10.0. The Morgan fingerprint density at radius 1 is 0.968 bits per heavy atom. The Balaban J connectivity index is 6.79. The first-order valence-electron chi connectivity index (χ1n) is 22.0. The van der Waals surface area contributed by atoms with Crippen LogP contribution in [0.15, 0.2) is 0 Å². The second-order valence-electron chi connectivity index (χ2n) is 6.36. The maximum Gasteiger partial charge on any atom is 0.472 e. The Morgan fingerprint density at radius 2 is 1.52 bits per heavy atom. The molecule has 0 heterocycles. The van der Waals surface area contributed by atoms with Gasteiger partial charge in [0.15, 0.2) is 0 Å². The van der Waals surface area contributed by atoms with E-state index in [1.807, 2.05) is 0 Å². The van der Waals surface area contributed by atoms with E-state index < -0.39 is 116 Å². The van der Waals surface area contributed by atoms with Crippen LogP contribution < -0.4 is 0 Å². The molecule has 0 bridgehead atoms. The predicted octanol–water partition coefficient (Wildman–Crippen LogP) is 4.43. The Labute approximate surface area is 227 Å². The highest BCUT2D eigenvalue weighted by Gasteiger charge is 2.24. The molecule has 0 saturated carbocycles. The van der Waals surface area contributed by atoms with Crippen LogP contribution in [0.2, 0.25) is 0 Å². The fourth-order valence-corrected chi connectivity index (χ4v) is 2.01. The monoisotopic (exact) mass is 495 g/mol. The summed E-state index contributed by atoms with van der Waals surface area (Å²) in [5.41, 5.74) is 0. The lowest BCUT2D eigenvalue weighted by molar-refractivity contribution is -0.870. The van der Waals surface area contributed by atoms with Crippen molar-refractivity contribution < 1.29 is 74.6 Å². The van der Waals surface area contributed by atoms with Crippen LogP contribution in [0.5, 0.6) is 0 Å². The predicted molar refractivity (Wildman–Crippen MR) is 123 cm³/mol. The van der Waals surface area contributed by atoms with E-state index in [1.165, 1.54) is 0 Å². The fraction of sp³-hybridized carbons (Fsp3) is 0.955. The quantitative estimate of drug-likeness (QED) is 0.138. The topological polar surface area (TPSA) is 102 Å². The lowest BCUT2D eigenvalue weighted by Gasteiger charge is -2.24. The number of phosphoric ester groups is 1. The Hall–Kier alpha value is -0.500. The molecule has 0 rings (SSSR count). The second-order valence-corrected chi connectivity index (χ2v) is 7.82. The van der Waals surface area contributed by atoms with Crippen molar-refractivity contribution in [2.24, 2.45) is 0 Å². The van der Waals surface area contributed by atoms with Crippen LogP contribution in [-0.2, 0) is 23.1 Å². The number of carbonyl (C=O) groups excluding carboxylic acids is 1. The highest BCUT2D eigenvalue weighted by atomic mass is 31.2. The van der Waals surface area contributed by atoms with Crippen LogP contribution in [0.3, 0.4) is 0 Å². The number of phosphoric acid groups is 1. The Bertz CT molecular complexity index is 1510. The largest absolute Gasteiger partial charge is 0.472 e. The minimum absolute atomic E-state index is 0.220. The molecule has 31 heavy (non-hydrogen) atoms. The van der Waals surface area contributed by atoms with Crippen LogP contribution in [0.4, 0.5) is 0 Å². The lowest BCUT2D eigenvalue weighted by Crippen LogP contribution is -2.37. The number of rotatable bonds is 21. The molecule has 9 heteroatoms. The average Bonchev–Trinajstić information content (AvgIpc) is 3.00. The lowest BCUT2D eigenvalue weighted by atomic mass is 10.1. The standard InChI is InChI=1S/C22H46NO7P/c1-5-6-7-8-9-10-11-12-13-14-15-16-22(25)28-19-21(24)20-30-31(26,27)29-18-17-23(2,3)4/h21,24H,5-20H2,1-4H3/p+1/t21-/m1/s1/i1D3,5D2,6D2,7D2,8D2,9D2,10D2,11D2,12D2,13D2,14D2,15D2,16D2. The summed E-state index contributed by atoms with van der Waals surface area (Å²) in [7, 11) is 0.347. The first-order chi connectivity index (χ1) is 24.7. The number of carbonyl (C=O) groups is 1. The van der Waals surface area contributed by atoms with Gasteiger partial charge in [-0.1, -0.05) is 70.6 Å². The van der Waals surface area contributed by atoms with Gasteiger partial charge in [-0.2, -0.15) is 0 Å². The molecule has 186 valence electrons. The zero-order valence-corrected chi connectivity index (χ0v) is 18.1. The maximum absolute atomic E-state index is 12.7. The van der Waals surface area contributed by atoms with Gasteiger partial charge in [-0.05, 0) is 6.37 Å². The van der Waals surface area contributed by atoms with Gasteiger partial charge in [0.05, 0.1) is 27.7 Å². The molecular weight excluding hydrogens is 421 g/mol. The van der Waals surface area contributed by atoms with Crippen molar-refractivity contribution in [3.63, 3.8) is 0 Å². The number of esters is 1. The molecule has 2 atom stereocenters. The van der Waals surface area contributed by atoms with Crippen molar-refractivity contribution in [1.29, 1.82) is 0 Å². The molecule has 0 aromatic rings.